The standard InChI is InChI=1S/C7H10N4O3/c12-6(7(13)14)8-3-1-2-5-9-4-10-11-5/h4H,1-3H2,(H,8,12)(H,13,14)(H,9,10,11). The molecule has 0 aliphatic carbocycles. The summed E-state index contributed by atoms with van der Waals surface area (Å²) in [7, 11) is 0. The number of carbonyl (C=O) groups excluding carboxylic acids is 1. The maximum Gasteiger partial charge on any atom is 0.394 e. The minimum Gasteiger partial charge on any atom is -0.474 e. The van der Waals surface area contributed by atoms with Gasteiger partial charge in [-0.1, -0.05) is 0 Å². The average molecular weight is 198 g/mol. The van der Waals surface area contributed by atoms with Crippen LogP contribution in [0.15, 0.2) is 6.33 Å². The SMILES string of the molecule is O=C(O)C(=O)NCCCc1ncn[nH]1. The molecule has 0 aliphatic heterocycles. The molecule has 1 heterocycles. The fraction of sp³-hybridized carbons (Fsp3) is 0.429. The molecule has 0 spiro atoms. The Morgan fingerprint density at radius 1 is 1.57 bits per heavy atom. The van der Waals surface area contributed by atoms with E-state index < -0.39 is 11.9 Å². The van der Waals surface area contributed by atoms with Crippen LogP contribution in [0, 0.1) is 0 Å². The van der Waals surface area contributed by atoms with E-state index in [1.165, 1.54) is 6.33 Å². The summed E-state index contributed by atoms with van der Waals surface area (Å²) < 4.78 is 0. The number of carboxylic acids is 1. The molecule has 76 valence electrons. The number of aryl methyl sites for hydroxylation is 1. The lowest BCUT2D eigenvalue weighted by atomic mass is 10.3. The van der Waals surface area contributed by atoms with Crippen molar-refractivity contribution in [2.24, 2.45) is 0 Å². The predicted octanol–water partition coefficient (Wildman–Crippen LogP) is -1.06. The molecule has 0 aliphatic rings. The molecule has 0 atom stereocenters. The Balaban J connectivity index is 2.11. The van der Waals surface area contributed by atoms with E-state index in [9.17, 15) is 9.59 Å². The zero-order valence-corrected chi connectivity index (χ0v) is 7.36. The van der Waals surface area contributed by atoms with Gasteiger partial charge in [-0.05, 0) is 6.42 Å². The number of H-pyrrole nitrogens is 1. The van der Waals surface area contributed by atoms with Crippen LogP contribution in [0.4, 0.5) is 0 Å². The largest absolute Gasteiger partial charge is 0.474 e. The average Bonchev–Trinajstić information content (AvgIpc) is 2.64. The second-order valence-corrected chi connectivity index (χ2v) is 2.60. The summed E-state index contributed by atoms with van der Waals surface area (Å²) >= 11 is 0. The first-order valence-electron chi connectivity index (χ1n) is 4.05. The lowest BCUT2D eigenvalue weighted by Gasteiger charge is -1.99. The molecular weight excluding hydrogens is 188 g/mol. The summed E-state index contributed by atoms with van der Waals surface area (Å²) in [5, 5.41) is 16.8. The highest BCUT2D eigenvalue weighted by atomic mass is 16.4. The van der Waals surface area contributed by atoms with Crippen molar-refractivity contribution in [2.45, 2.75) is 12.8 Å². The predicted molar refractivity (Wildman–Crippen MR) is 45.3 cm³/mol. The minimum atomic E-state index is -1.47. The van der Waals surface area contributed by atoms with Crippen LogP contribution >= 0.6 is 0 Å². The maximum atomic E-state index is 10.6. The molecule has 7 heteroatoms. The zero-order chi connectivity index (χ0) is 10.4. The maximum absolute atomic E-state index is 10.6. The van der Waals surface area contributed by atoms with E-state index in [0.717, 1.165) is 5.82 Å². The van der Waals surface area contributed by atoms with Crippen LogP contribution in [0.3, 0.4) is 0 Å². The van der Waals surface area contributed by atoms with Gasteiger partial charge < -0.3 is 10.4 Å². The van der Waals surface area contributed by atoms with Gasteiger partial charge in [0, 0.05) is 13.0 Å². The van der Waals surface area contributed by atoms with Crippen molar-refractivity contribution in [3.63, 3.8) is 0 Å². The zero-order valence-electron chi connectivity index (χ0n) is 7.36. The monoisotopic (exact) mass is 198 g/mol. The Kier molecular flexibility index (Phi) is 3.59. The number of nitrogens with zero attached hydrogens (tertiary/aromatic N) is 2. The number of aromatic amines is 1. The second kappa shape index (κ2) is 4.95. The molecule has 0 bridgehead atoms. The molecule has 1 rings (SSSR count). The van der Waals surface area contributed by atoms with Gasteiger partial charge in [-0.15, -0.1) is 0 Å². The van der Waals surface area contributed by atoms with Crippen molar-refractivity contribution in [2.75, 3.05) is 6.54 Å². The van der Waals surface area contributed by atoms with Crippen LogP contribution in [0.5, 0.6) is 0 Å². The summed E-state index contributed by atoms with van der Waals surface area (Å²) in [6.07, 6.45) is 2.64. The fourth-order valence-corrected chi connectivity index (χ4v) is 0.885. The third-order valence-corrected chi connectivity index (χ3v) is 1.54. The third-order valence-electron chi connectivity index (χ3n) is 1.54. The van der Waals surface area contributed by atoms with Gasteiger partial charge in [-0.25, -0.2) is 9.78 Å². The molecule has 1 aromatic rings. The highest BCUT2D eigenvalue weighted by Gasteiger charge is 2.08. The quantitative estimate of drug-likeness (QED) is 0.422. The number of rotatable bonds is 4. The molecule has 7 nitrogen and oxygen atoms in total. The van der Waals surface area contributed by atoms with Gasteiger partial charge in [0.2, 0.25) is 0 Å². The van der Waals surface area contributed by atoms with Crippen molar-refractivity contribution in [3.05, 3.63) is 12.2 Å². The topological polar surface area (TPSA) is 108 Å². The number of aromatic nitrogens is 3. The van der Waals surface area contributed by atoms with Crippen molar-refractivity contribution < 1.29 is 14.7 Å². The molecule has 0 radical (unpaired) electrons. The van der Waals surface area contributed by atoms with E-state index in [1.54, 1.807) is 0 Å². The molecular formula is C7H10N4O3. The van der Waals surface area contributed by atoms with Crippen molar-refractivity contribution in [3.8, 4) is 0 Å². The van der Waals surface area contributed by atoms with Crippen LogP contribution < -0.4 is 5.32 Å². The molecule has 3 N–H and O–H groups in total. The van der Waals surface area contributed by atoms with E-state index in [0.29, 0.717) is 19.4 Å². The molecule has 0 aromatic carbocycles. The van der Waals surface area contributed by atoms with Crippen LogP contribution in [0.2, 0.25) is 0 Å². The Hall–Kier alpha value is -1.92. The number of aliphatic carboxylic acids is 1. The highest BCUT2D eigenvalue weighted by Crippen LogP contribution is 1.91. The Morgan fingerprint density at radius 3 is 2.93 bits per heavy atom. The minimum absolute atomic E-state index is 0.311. The van der Waals surface area contributed by atoms with E-state index in [-0.39, 0.29) is 0 Å². The van der Waals surface area contributed by atoms with Crippen molar-refractivity contribution in [1.29, 1.82) is 0 Å². The molecule has 0 unspecified atom stereocenters. The van der Waals surface area contributed by atoms with E-state index in [4.69, 9.17) is 5.11 Å². The second-order valence-electron chi connectivity index (χ2n) is 2.60. The van der Waals surface area contributed by atoms with Gasteiger partial charge in [0.1, 0.15) is 12.2 Å². The van der Waals surface area contributed by atoms with Gasteiger partial charge in [0.15, 0.2) is 0 Å². The summed E-state index contributed by atoms with van der Waals surface area (Å²) in [5.74, 6) is -1.73. The molecule has 14 heavy (non-hydrogen) atoms. The van der Waals surface area contributed by atoms with Crippen LogP contribution in [0.1, 0.15) is 12.2 Å². The summed E-state index contributed by atoms with van der Waals surface area (Å²) in [4.78, 5) is 24.5. The van der Waals surface area contributed by atoms with Gasteiger partial charge in [-0.3, -0.25) is 9.89 Å². The molecule has 0 saturated heterocycles. The van der Waals surface area contributed by atoms with Crippen molar-refractivity contribution in [1.82, 2.24) is 20.5 Å². The van der Waals surface area contributed by atoms with E-state index in [1.807, 2.05) is 0 Å². The Labute approximate surface area is 79.5 Å². The van der Waals surface area contributed by atoms with Crippen LogP contribution in [-0.4, -0.2) is 38.7 Å². The van der Waals surface area contributed by atoms with Gasteiger partial charge in [-0.2, -0.15) is 5.10 Å². The molecule has 0 fully saturated rings. The highest BCUT2D eigenvalue weighted by molar-refractivity contribution is 6.31. The van der Waals surface area contributed by atoms with E-state index >= 15 is 0 Å². The normalized spacial score (nSPS) is 9.71. The lowest BCUT2D eigenvalue weighted by molar-refractivity contribution is -0.150. The number of hydrogen-bond acceptors (Lipinski definition) is 4. The molecule has 1 aromatic heterocycles. The summed E-state index contributed by atoms with van der Waals surface area (Å²) in [6, 6.07) is 0. The number of nitrogens with one attached hydrogen (secondary N) is 2. The molecule has 0 saturated carbocycles. The first-order chi connectivity index (χ1) is 6.70. The number of carbonyl (C=O) groups is 2. The number of hydrogen-bond donors (Lipinski definition) is 3. The first kappa shape index (κ1) is 10.2. The Morgan fingerprint density at radius 2 is 2.36 bits per heavy atom. The Bertz CT molecular complexity index is 309. The number of carboxylic acid groups (broad SMARTS) is 1. The van der Waals surface area contributed by atoms with Crippen LogP contribution in [-0.2, 0) is 16.0 Å². The molecule has 1 amide bonds. The number of amides is 1. The van der Waals surface area contributed by atoms with E-state index in [2.05, 4.69) is 20.5 Å². The smallest absolute Gasteiger partial charge is 0.394 e. The summed E-state index contributed by atoms with van der Waals surface area (Å²) in [5.41, 5.74) is 0. The van der Waals surface area contributed by atoms with Crippen LogP contribution in [0.25, 0.3) is 0 Å². The van der Waals surface area contributed by atoms with Crippen molar-refractivity contribution >= 4 is 11.9 Å². The fourth-order valence-electron chi connectivity index (χ4n) is 0.885. The van der Waals surface area contributed by atoms with Gasteiger partial charge in [0.05, 0.1) is 0 Å². The summed E-state index contributed by atoms with van der Waals surface area (Å²) in [6.45, 7) is 0.311. The first-order valence-corrected chi connectivity index (χ1v) is 4.05. The van der Waals surface area contributed by atoms with Gasteiger partial charge in [0.25, 0.3) is 0 Å². The third kappa shape index (κ3) is 3.21. The lowest BCUT2D eigenvalue weighted by Crippen LogP contribution is -2.31. The van der Waals surface area contributed by atoms with Gasteiger partial charge >= 0.3 is 11.9 Å².